The Balaban J connectivity index is 1.91. The second-order valence-corrected chi connectivity index (χ2v) is 3.89. The van der Waals surface area contributed by atoms with Crippen LogP contribution in [0.25, 0.3) is 0 Å². The van der Waals surface area contributed by atoms with E-state index < -0.39 is 0 Å². The Bertz CT molecular complexity index is 547. The maximum absolute atomic E-state index is 5.76. The lowest BCUT2D eigenvalue weighted by Crippen LogP contribution is -2.10. The summed E-state index contributed by atoms with van der Waals surface area (Å²) in [6.07, 6.45) is 0.564. The minimum atomic E-state index is 0.0783. The third-order valence-electron chi connectivity index (χ3n) is 2.05. The van der Waals surface area contributed by atoms with Gasteiger partial charge in [0.25, 0.3) is 0 Å². The van der Waals surface area contributed by atoms with Gasteiger partial charge in [0.2, 0.25) is 17.1 Å². The predicted molar refractivity (Wildman–Crippen MR) is 67.2 cm³/mol. The summed E-state index contributed by atoms with van der Waals surface area (Å²) in [4.78, 5) is 15.9. The normalized spacial score (nSPS) is 10.5. The van der Waals surface area contributed by atoms with Crippen molar-refractivity contribution in [2.24, 2.45) is 0 Å². The maximum Gasteiger partial charge on any atom is 0.322 e. The molecule has 2 aromatic heterocycles. The molecule has 0 spiro atoms. The number of aryl methyl sites for hydroxylation is 1. The van der Waals surface area contributed by atoms with Gasteiger partial charge in [-0.15, -0.1) is 0 Å². The predicted octanol–water partition coefficient (Wildman–Crippen LogP) is 1.27. The van der Waals surface area contributed by atoms with Gasteiger partial charge in [-0.05, 0) is 25.4 Å². The smallest absolute Gasteiger partial charge is 0.322 e. The van der Waals surface area contributed by atoms with Crippen LogP contribution in [0.15, 0.2) is 4.52 Å². The van der Waals surface area contributed by atoms with Crippen LogP contribution in [0.1, 0.15) is 18.6 Å². The Morgan fingerprint density at radius 3 is 2.79 bits per heavy atom. The molecule has 102 valence electrons. The van der Waals surface area contributed by atoms with Crippen molar-refractivity contribution in [3.05, 3.63) is 17.0 Å². The lowest BCUT2D eigenvalue weighted by molar-refractivity contribution is 0.312. The molecule has 0 atom stereocenters. The van der Waals surface area contributed by atoms with Crippen LogP contribution in [0, 0.1) is 6.92 Å². The lowest BCUT2D eigenvalue weighted by atomic mass is 10.4. The first-order valence-electron chi connectivity index (χ1n) is 5.75. The number of nitrogens with zero attached hydrogens (tertiary/aromatic N) is 5. The van der Waals surface area contributed by atoms with Crippen LogP contribution < -0.4 is 10.1 Å². The molecule has 2 rings (SSSR count). The summed E-state index contributed by atoms with van der Waals surface area (Å²) in [5, 5.41) is 6.76. The van der Waals surface area contributed by atoms with Crippen molar-refractivity contribution >= 4 is 17.5 Å². The van der Waals surface area contributed by atoms with Crippen LogP contribution in [-0.2, 0) is 6.42 Å². The van der Waals surface area contributed by atoms with Gasteiger partial charge in [-0.2, -0.15) is 19.9 Å². The van der Waals surface area contributed by atoms with E-state index in [-0.39, 0.29) is 11.3 Å². The van der Waals surface area contributed by atoms with Gasteiger partial charge in [0.1, 0.15) is 0 Å². The zero-order valence-corrected chi connectivity index (χ0v) is 11.3. The summed E-state index contributed by atoms with van der Waals surface area (Å²) in [7, 11) is 0. The number of halogens is 1. The average molecular weight is 285 g/mol. The van der Waals surface area contributed by atoms with E-state index in [0.717, 1.165) is 0 Å². The number of anilines is 1. The van der Waals surface area contributed by atoms with Crippen molar-refractivity contribution < 1.29 is 9.26 Å². The molecule has 2 aromatic rings. The Morgan fingerprint density at radius 1 is 1.26 bits per heavy atom. The van der Waals surface area contributed by atoms with Gasteiger partial charge in [-0.25, -0.2) is 0 Å². The molecule has 0 aliphatic carbocycles. The van der Waals surface area contributed by atoms with E-state index in [1.54, 1.807) is 6.92 Å². The number of ether oxygens (including phenoxy) is 1. The van der Waals surface area contributed by atoms with Crippen molar-refractivity contribution in [3.63, 3.8) is 0 Å². The molecule has 19 heavy (non-hydrogen) atoms. The van der Waals surface area contributed by atoms with Gasteiger partial charge in [-0.3, -0.25) is 0 Å². The monoisotopic (exact) mass is 284 g/mol. The molecule has 9 heteroatoms. The summed E-state index contributed by atoms with van der Waals surface area (Å²) in [5.74, 6) is 1.51. The third-order valence-corrected chi connectivity index (χ3v) is 2.22. The molecule has 0 aliphatic heterocycles. The van der Waals surface area contributed by atoms with Crippen molar-refractivity contribution in [2.45, 2.75) is 20.3 Å². The molecule has 0 aliphatic rings. The van der Waals surface area contributed by atoms with Crippen molar-refractivity contribution in [3.8, 4) is 6.01 Å². The molecular weight excluding hydrogens is 272 g/mol. The van der Waals surface area contributed by atoms with Crippen molar-refractivity contribution in [1.29, 1.82) is 0 Å². The Kier molecular flexibility index (Phi) is 4.45. The van der Waals surface area contributed by atoms with Gasteiger partial charge >= 0.3 is 6.01 Å². The minimum Gasteiger partial charge on any atom is -0.464 e. The molecule has 2 heterocycles. The number of hydrogen-bond donors (Lipinski definition) is 1. The maximum atomic E-state index is 5.76. The average Bonchev–Trinajstić information content (AvgIpc) is 2.75. The highest BCUT2D eigenvalue weighted by Crippen LogP contribution is 2.11. The van der Waals surface area contributed by atoms with E-state index in [1.807, 2.05) is 6.92 Å². The molecule has 0 amide bonds. The largest absolute Gasteiger partial charge is 0.464 e. The Labute approximate surface area is 114 Å². The standard InChI is InChI=1S/C10H13ClN6O2/c1-3-18-10-15-8(11)14-9(16-10)12-5-4-7-13-6(2)17-19-7/h3-5H2,1-2H3,(H,12,14,15,16). The van der Waals surface area contributed by atoms with Crippen LogP contribution in [-0.4, -0.2) is 38.2 Å². The minimum absolute atomic E-state index is 0.0783. The van der Waals surface area contributed by atoms with Crippen LogP contribution >= 0.6 is 11.6 Å². The molecule has 8 nitrogen and oxygen atoms in total. The highest BCUT2D eigenvalue weighted by atomic mass is 35.5. The fourth-order valence-corrected chi connectivity index (χ4v) is 1.48. The molecule has 0 aromatic carbocycles. The molecule has 0 unspecified atom stereocenters. The summed E-state index contributed by atoms with van der Waals surface area (Å²) >= 11 is 5.76. The van der Waals surface area contributed by atoms with Crippen LogP contribution in [0.3, 0.4) is 0 Å². The van der Waals surface area contributed by atoms with Crippen molar-refractivity contribution in [1.82, 2.24) is 25.1 Å². The molecule has 0 saturated carbocycles. The van der Waals surface area contributed by atoms with E-state index in [9.17, 15) is 0 Å². The Morgan fingerprint density at radius 2 is 2.11 bits per heavy atom. The van der Waals surface area contributed by atoms with Crippen LogP contribution in [0.4, 0.5) is 5.95 Å². The highest BCUT2D eigenvalue weighted by Gasteiger charge is 2.06. The fraction of sp³-hybridized carbons (Fsp3) is 0.500. The van der Waals surface area contributed by atoms with E-state index in [1.165, 1.54) is 0 Å². The molecule has 0 saturated heterocycles. The highest BCUT2D eigenvalue weighted by molar-refractivity contribution is 6.28. The summed E-state index contributed by atoms with van der Waals surface area (Å²) < 4.78 is 10.2. The fourth-order valence-electron chi connectivity index (χ4n) is 1.33. The lowest BCUT2D eigenvalue weighted by Gasteiger charge is -2.05. The van der Waals surface area contributed by atoms with Gasteiger partial charge in [0, 0.05) is 13.0 Å². The van der Waals surface area contributed by atoms with Crippen molar-refractivity contribution in [2.75, 3.05) is 18.5 Å². The third kappa shape index (κ3) is 4.02. The number of rotatable bonds is 6. The second kappa shape index (κ2) is 6.28. The number of aromatic nitrogens is 5. The topological polar surface area (TPSA) is 98.9 Å². The number of hydrogen-bond acceptors (Lipinski definition) is 8. The molecule has 0 radical (unpaired) electrons. The van der Waals surface area contributed by atoms with E-state index in [4.69, 9.17) is 20.9 Å². The van der Waals surface area contributed by atoms with E-state index in [0.29, 0.717) is 37.2 Å². The summed E-state index contributed by atoms with van der Waals surface area (Å²) in [5.41, 5.74) is 0. The van der Waals surface area contributed by atoms with Gasteiger partial charge < -0.3 is 14.6 Å². The zero-order chi connectivity index (χ0) is 13.7. The summed E-state index contributed by atoms with van der Waals surface area (Å²) in [6.45, 7) is 4.60. The SMILES string of the molecule is CCOc1nc(Cl)nc(NCCc2nc(C)no2)n1. The molecule has 0 bridgehead atoms. The van der Waals surface area contributed by atoms with Gasteiger partial charge in [0.05, 0.1) is 6.61 Å². The summed E-state index contributed by atoms with van der Waals surface area (Å²) in [6, 6.07) is 0.193. The van der Waals surface area contributed by atoms with Gasteiger partial charge in [0.15, 0.2) is 5.82 Å². The van der Waals surface area contributed by atoms with Gasteiger partial charge in [-0.1, -0.05) is 5.16 Å². The number of nitrogens with one attached hydrogen (secondary N) is 1. The Hall–Kier alpha value is -1.96. The quantitative estimate of drug-likeness (QED) is 0.846. The first kappa shape index (κ1) is 13.5. The molecular formula is C10H13ClN6O2. The van der Waals surface area contributed by atoms with Crippen LogP contribution in [0.5, 0.6) is 6.01 Å². The first-order chi connectivity index (χ1) is 9.17. The van der Waals surface area contributed by atoms with Crippen LogP contribution in [0.2, 0.25) is 5.28 Å². The van der Waals surface area contributed by atoms with E-state index in [2.05, 4.69) is 30.4 Å². The zero-order valence-electron chi connectivity index (χ0n) is 10.6. The molecule has 0 fully saturated rings. The van der Waals surface area contributed by atoms with E-state index >= 15 is 0 Å². The molecule has 1 N–H and O–H groups in total. The first-order valence-corrected chi connectivity index (χ1v) is 6.12. The second-order valence-electron chi connectivity index (χ2n) is 3.56.